The van der Waals surface area contributed by atoms with Crippen molar-refractivity contribution in [1.82, 2.24) is 14.7 Å². The number of aryl methyl sites for hydroxylation is 2. The lowest BCUT2D eigenvalue weighted by Crippen LogP contribution is -2.49. The Kier molecular flexibility index (Phi) is 4.44. The van der Waals surface area contributed by atoms with Crippen LogP contribution in [0.15, 0.2) is 0 Å². The maximum atomic E-state index is 12.3. The Hall–Kier alpha value is -2.05. The number of hydrogen-bond donors (Lipinski definition) is 1. The molecule has 122 valence electrons. The molecule has 1 aromatic heterocycles. The monoisotopic (exact) mass is 309 g/mol. The molecule has 22 heavy (non-hydrogen) atoms. The first-order chi connectivity index (χ1) is 10.2. The van der Waals surface area contributed by atoms with E-state index in [-0.39, 0.29) is 19.1 Å². The van der Waals surface area contributed by atoms with E-state index in [4.69, 9.17) is 4.74 Å². The second kappa shape index (κ2) is 5.98. The summed E-state index contributed by atoms with van der Waals surface area (Å²) in [6.07, 6.45) is 1.29. The minimum Gasteiger partial charge on any atom is -0.481 e. The lowest BCUT2D eigenvalue weighted by molar-refractivity contribution is -0.153. The van der Waals surface area contributed by atoms with Crippen molar-refractivity contribution in [3.05, 3.63) is 11.4 Å². The number of hydrogen-bond acceptors (Lipinski definition) is 4. The Morgan fingerprint density at radius 3 is 2.64 bits per heavy atom. The molecule has 1 aliphatic heterocycles. The Morgan fingerprint density at radius 2 is 2.09 bits per heavy atom. The van der Waals surface area contributed by atoms with Crippen LogP contribution < -0.4 is 4.74 Å². The number of likely N-dealkylation sites (tertiary alicyclic amines) is 1. The number of rotatable bonds is 4. The Bertz CT molecular complexity index is 596. The van der Waals surface area contributed by atoms with Crippen LogP contribution in [0, 0.1) is 19.3 Å². The van der Waals surface area contributed by atoms with Gasteiger partial charge in [0, 0.05) is 20.1 Å². The van der Waals surface area contributed by atoms with E-state index >= 15 is 0 Å². The average molecular weight is 309 g/mol. The number of piperidine rings is 1. The summed E-state index contributed by atoms with van der Waals surface area (Å²) in [6.45, 7) is 6.11. The number of carbonyl (C=O) groups excluding carboxylic acids is 1. The first kappa shape index (κ1) is 16.3. The normalized spacial score (nSPS) is 21.7. The largest absolute Gasteiger partial charge is 0.481 e. The molecular formula is C15H23N3O4. The van der Waals surface area contributed by atoms with Crippen LogP contribution in [0.2, 0.25) is 0 Å². The summed E-state index contributed by atoms with van der Waals surface area (Å²) in [6, 6.07) is 0. The summed E-state index contributed by atoms with van der Waals surface area (Å²) in [5.74, 6) is -0.423. The van der Waals surface area contributed by atoms with Gasteiger partial charge in [-0.25, -0.2) is 0 Å². The fraction of sp³-hybridized carbons (Fsp3) is 0.667. The molecule has 1 unspecified atom stereocenters. The SMILES string of the molecule is Cc1nn(C)c(C)c1OCC(=O)N1CCCC(C)(C(=O)O)C1. The zero-order valence-electron chi connectivity index (χ0n) is 13.5. The molecule has 0 saturated carbocycles. The number of aromatic nitrogens is 2. The van der Waals surface area contributed by atoms with Crippen LogP contribution in [0.25, 0.3) is 0 Å². The maximum absolute atomic E-state index is 12.3. The average Bonchev–Trinajstić information content (AvgIpc) is 2.70. The van der Waals surface area contributed by atoms with Crippen molar-refractivity contribution in [2.45, 2.75) is 33.6 Å². The van der Waals surface area contributed by atoms with Gasteiger partial charge in [0.25, 0.3) is 5.91 Å². The molecule has 1 aromatic rings. The molecule has 0 spiro atoms. The second-order valence-corrected chi connectivity index (χ2v) is 6.20. The minimum absolute atomic E-state index is 0.0942. The first-order valence-electron chi connectivity index (χ1n) is 7.39. The molecule has 0 aromatic carbocycles. The van der Waals surface area contributed by atoms with Gasteiger partial charge in [-0.2, -0.15) is 5.10 Å². The third-order valence-corrected chi connectivity index (χ3v) is 4.35. The van der Waals surface area contributed by atoms with Crippen molar-refractivity contribution in [3.63, 3.8) is 0 Å². The van der Waals surface area contributed by atoms with Gasteiger partial charge >= 0.3 is 5.97 Å². The number of nitrogens with zero attached hydrogens (tertiary/aromatic N) is 3. The predicted molar refractivity (Wildman–Crippen MR) is 79.7 cm³/mol. The highest BCUT2D eigenvalue weighted by molar-refractivity contribution is 5.80. The third kappa shape index (κ3) is 3.08. The molecule has 0 radical (unpaired) electrons. The van der Waals surface area contributed by atoms with Crippen molar-refractivity contribution < 1.29 is 19.4 Å². The van der Waals surface area contributed by atoms with Crippen molar-refractivity contribution in [2.24, 2.45) is 12.5 Å². The van der Waals surface area contributed by atoms with Gasteiger partial charge in [-0.3, -0.25) is 14.3 Å². The van der Waals surface area contributed by atoms with Crippen LogP contribution in [0.1, 0.15) is 31.2 Å². The smallest absolute Gasteiger partial charge is 0.311 e. The van der Waals surface area contributed by atoms with Crippen LogP contribution in [0.4, 0.5) is 0 Å². The summed E-state index contributed by atoms with van der Waals surface area (Å²) < 4.78 is 7.32. The fourth-order valence-electron chi connectivity index (χ4n) is 2.82. The Labute approximate surface area is 129 Å². The molecule has 1 aliphatic rings. The number of carboxylic acid groups (broad SMARTS) is 1. The van der Waals surface area contributed by atoms with Gasteiger partial charge in [0.15, 0.2) is 12.4 Å². The summed E-state index contributed by atoms with van der Waals surface area (Å²) >= 11 is 0. The van der Waals surface area contributed by atoms with E-state index in [0.717, 1.165) is 11.4 Å². The van der Waals surface area contributed by atoms with E-state index in [1.807, 2.05) is 20.9 Å². The Morgan fingerprint density at radius 1 is 1.41 bits per heavy atom. The van der Waals surface area contributed by atoms with Gasteiger partial charge < -0.3 is 14.7 Å². The number of aliphatic carboxylic acids is 1. The van der Waals surface area contributed by atoms with E-state index in [0.29, 0.717) is 25.1 Å². The summed E-state index contributed by atoms with van der Waals surface area (Å²) in [5.41, 5.74) is 0.731. The van der Waals surface area contributed by atoms with E-state index < -0.39 is 11.4 Å². The van der Waals surface area contributed by atoms with Crippen LogP contribution in [-0.4, -0.2) is 51.4 Å². The lowest BCUT2D eigenvalue weighted by Gasteiger charge is -2.37. The van der Waals surface area contributed by atoms with Crippen molar-refractivity contribution in [2.75, 3.05) is 19.7 Å². The topological polar surface area (TPSA) is 84.7 Å². The maximum Gasteiger partial charge on any atom is 0.311 e. The molecule has 0 bridgehead atoms. The number of ether oxygens (including phenoxy) is 1. The van der Waals surface area contributed by atoms with Crippen molar-refractivity contribution in [1.29, 1.82) is 0 Å². The first-order valence-corrected chi connectivity index (χ1v) is 7.39. The van der Waals surface area contributed by atoms with E-state index in [1.165, 1.54) is 0 Å². The quantitative estimate of drug-likeness (QED) is 0.901. The van der Waals surface area contributed by atoms with Crippen LogP contribution in [0.3, 0.4) is 0 Å². The van der Waals surface area contributed by atoms with Gasteiger partial charge in [-0.05, 0) is 33.6 Å². The summed E-state index contributed by atoms with van der Waals surface area (Å²) in [4.78, 5) is 25.2. The van der Waals surface area contributed by atoms with E-state index in [2.05, 4.69) is 5.10 Å². The van der Waals surface area contributed by atoms with Gasteiger partial charge in [0.05, 0.1) is 11.1 Å². The van der Waals surface area contributed by atoms with E-state index in [9.17, 15) is 14.7 Å². The standard InChI is InChI=1S/C15H23N3O4/c1-10-13(11(2)17(4)16-10)22-8-12(19)18-7-5-6-15(3,9-18)14(20)21/h5-9H2,1-4H3,(H,20,21). The molecule has 1 fully saturated rings. The molecule has 1 saturated heterocycles. The van der Waals surface area contributed by atoms with Gasteiger partial charge in [-0.1, -0.05) is 0 Å². The van der Waals surface area contributed by atoms with Gasteiger partial charge in [0.2, 0.25) is 0 Å². The molecule has 2 heterocycles. The fourth-order valence-corrected chi connectivity index (χ4v) is 2.82. The van der Waals surface area contributed by atoms with Crippen molar-refractivity contribution >= 4 is 11.9 Å². The molecule has 2 rings (SSSR count). The molecule has 7 heteroatoms. The molecular weight excluding hydrogens is 286 g/mol. The lowest BCUT2D eigenvalue weighted by atomic mass is 9.82. The van der Waals surface area contributed by atoms with Crippen molar-refractivity contribution in [3.8, 4) is 5.75 Å². The van der Waals surface area contributed by atoms with E-state index in [1.54, 1.807) is 16.5 Å². The summed E-state index contributed by atoms with van der Waals surface area (Å²) in [5, 5.41) is 13.5. The minimum atomic E-state index is -0.867. The molecule has 1 amide bonds. The Balaban J connectivity index is 1.99. The predicted octanol–water partition coefficient (Wildman–Crippen LogP) is 1.13. The zero-order valence-corrected chi connectivity index (χ0v) is 13.5. The highest BCUT2D eigenvalue weighted by Crippen LogP contribution is 2.30. The highest BCUT2D eigenvalue weighted by Gasteiger charge is 2.39. The number of carbonyl (C=O) groups is 2. The molecule has 1 atom stereocenters. The van der Waals surface area contributed by atoms with Crippen LogP contribution in [-0.2, 0) is 16.6 Å². The zero-order chi connectivity index (χ0) is 16.5. The summed E-state index contributed by atoms with van der Waals surface area (Å²) in [7, 11) is 1.82. The molecule has 1 N–H and O–H groups in total. The van der Waals surface area contributed by atoms with Crippen LogP contribution >= 0.6 is 0 Å². The molecule has 7 nitrogen and oxygen atoms in total. The van der Waals surface area contributed by atoms with Gasteiger partial charge in [0.1, 0.15) is 5.69 Å². The number of carboxylic acids is 1. The molecule has 0 aliphatic carbocycles. The van der Waals surface area contributed by atoms with Crippen LogP contribution in [0.5, 0.6) is 5.75 Å². The third-order valence-electron chi connectivity index (χ3n) is 4.35. The van der Waals surface area contributed by atoms with Gasteiger partial charge in [-0.15, -0.1) is 0 Å². The highest BCUT2D eigenvalue weighted by atomic mass is 16.5. The number of amides is 1. The second-order valence-electron chi connectivity index (χ2n) is 6.20.